The number of carbonyl (C=O) groups is 2. The maximum absolute atomic E-state index is 17.4. The quantitative estimate of drug-likeness (QED) is 0.223. The molecular formula is C34H31FN6O5. The molecule has 3 aromatic carbocycles. The van der Waals surface area contributed by atoms with Crippen LogP contribution in [0.4, 0.5) is 20.7 Å². The lowest BCUT2D eigenvalue weighted by atomic mass is 9.73. The van der Waals surface area contributed by atoms with E-state index in [2.05, 4.69) is 10.2 Å². The van der Waals surface area contributed by atoms with Crippen molar-refractivity contribution in [1.82, 2.24) is 14.8 Å². The molecule has 4 heterocycles. The maximum atomic E-state index is 17.4. The van der Waals surface area contributed by atoms with Gasteiger partial charge in [0, 0.05) is 61.9 Å². The zero-order valence-corrected chi connectivity index (χ0v) is 25.5. The van der Waals surface area contributed by atoms with E-state index >= 15 is 4.39 Å². The van der Waals surface area contributed by atoms with Crippen LogP contribution in [-0.4, -0.2) is 92.1 Å². The molecule has 7 rings (SSSR count). The molecule has 2 amide bonds. The zero-order valence-electron chi connectivity index (χ0n) is 25.5. The van der Waals surface area contributed by atoms with Crippen LogP contribution in [0.2, 0.25) is 0 Å². The van der Waals surface area contributed by atoms with E-state index in [-0.39, 0.29) is 42.9 Å². The molecule has 1 spiro atoms. The van der Waals surface area contributed by atoms with Gasteiger partial charge >= 0.3 is 6.09 Å². The Balaban J connectivity index is 1.52. The van der Waals surface area contributed by atoms with Crippen molar-refractivity contribution in [2.45, 2.75) is 11.5 Å². The van der Waals surface area contributed by atoms with Crippen molar-refractivity contribution in [1.29, 1.82) is 5.26 Å². The van der Waals surface area contributed by atoms with E-state index in [4.69, 9.17) is 14.5 Å². The second-order valence-electron chi connectivity index (χ2n) is 12.1. The SMILES string of the molecule is COCOc1cc(-c2c(/C=C/C#N)cc3c4c(c(N5CC(N(C)C)C5)nc3c2F)NC(=O)C42CN(C(=O)O)C2)c2ccccc2c1. The van der Waals surface area contributed by atoms with Crippen LogP contribution >= 0.6 is 0 Å². The van der Waals surface area contributed by atoms with Crippen molar-refractivity contribution in [3.8, 4) is 22.9 Å². The highest BCUT2D eigenvalue weighted by Gasteiger charge is 2.59. The summed E-state index contributed by atoms with van der Waals surface area (Å²) in [5.74, 6) is -0.0402. The lowest BCUT2D eigenvalue weighted by Gasteiger charge is -2.46. The first-order chi connectivity index (χ1) is 22.2. The second-order valence-corrected chi connectivity index (χ2v) is 12.1. The number of carbonyl (C=O) groups excluding carboxylic acids is 1. The van der Waals surface area contributed by atoms with Gasteiger partial charge < -0.3 is 34.6 Å². The number of likely N-dealkylation sites (tertiary alicyclic amines) is 1. The van der Waals surface area contributed by atoms with Gasteiger partial charge in [-0.25, -0.2) is 14.2 Å². The molecule has 0 bridgehead atoms. The summed E-state index contributed by atoms with van der Waals surface area (Å²) in [4.78, 5) is 35.6. The molecule has 0 unspecified atom stereocenters. The summed E-state index contributed by atoms with van der Waals surface area (Å²) in [6.45, 7) is 1.13. The smallest absolute Gasteiger partial charge is 0.407 e. The van der Waals surface area contributed by atoms with Gasteiger partial charge in [-0.05, 0) is 60.3 Å². The molecule has 0 aliphatic carbocycles. The van der Waals surface area contributed by atoms with Crippen LogP contribution in [0.25, 0.3) is 38.9 Å². The highest BCUT2D eigenvalue weighted by atomic mass is 19.1. The molecule has 3 aliphatic rings. The van der Waals surface area contributed by atoms with E-state index in [1.165, 1.54) is 24.2 Å². The highest BCUT2D eigenvalue weighted by molar-refractivity contribution is 6.16. The first-order valence-electron chi connectivity index (χ1n) is 14.8. The van der Waals surface area contributed by atoms with E-state index in [1.807, 2.05) is 55.4 Å². The van der Waals surface area contributed by atoms with Crippen LogP contribution in [0, 0.1) is 17.1 Å². The lowest BCUT2D eigenvalue weighted by molar-refractivity contribution is -0.125. The number of halogens is 1. The molecular weight excluding hydrogens is 591 g/mol. The number of carboxylic acid groups (broad SMARTS) is 1. The van der Waals surface area contributed by atoms with Crippen molar-refractivity contribution < 1.29 is 28.6 Å². The standard InChI is InChI=1S/C34H31FN6O5/c1-39(2)21-14-40(15-21)31-30-27(34(32(42)38-30)16-41(17-34)33(43)44)25-12-20(8-6-10-36)26(28(35)29(25)37-31)24-13-22(46-18-45-3)11-19-7-4-5-9-23(19)24/h4-9,11-13,21H,14-18H2,1-3H3,(H,38,42)(H,43,44)/b8-6+. The number of pyridine rings is 1. The second kappa shape index (κ2) is 11.0. The van der Waals surface area contributed by atoms with Crippen LogP contribution in [0.5, 0.6) is 5.75 Å². The van der Waals surface area contributed by atoms with Crippen molar-refractivity contribution in [3.05, 3.63) is 65.5 Å². The lowest BCUT2D eigenvalue weighted by Crippen LogP contribution is -2.64. The monoisotopic (exact) mass is 622 g/mol. The van der Waals surface area contributed by atoms with Gasteiger partial charge in [0.15, 0.2) is 18.4 Å². The van der Waals surface area contributed by atoms with Gasteiger partial charge in [-0.1, -0.05) is 24.3 Å². The van der Waals surface area contributed by atoms with E-state index in [9.17, 15) is 20.0 Å². The Morgan fingerprint density at radius 2 is 2.00 bits per heavy atom. The largest absolute Gasteiger partial charge is 0.468 e. The highest BCUT2D eigenvalue weighted by Crippen LogP contribution is 2.52. The minimum Gasteiger partial charge on any atom is -0.468 e. The number of allylic oxidation sites excluding steroid dienone is 1. The third-order valence-electron chi connectivity index (χ3n) is 9.25. The van der Waals surface area contributed by atoms with E-state index in [0.29, 0.717) is 52.4 Å². The number of likely N-dealkylation sites (N-methyl/N-ethyl adjacent to an activating group) is 1. The Hall–Kier alpha value is -5.25. The molecule has 234 valence electrons. The van der Waals surface area contributed by atoms with Crippen molar-refractivity contribution in [3.63, 3.8) is 0 Å². The summed E-state index contributed by atoms with van der Waals surface area (Å²) < 4.78 is 28.3. The number of nitrogens with one attached hydrogen (secondary N) is 1. The molecule has 0 atom stereocenters. The summed E-state index contributed by atoms with van der Waals surface area (Å²) in [6.07, 6.45) is 1.68. The van der Waals surface area contributed by atoms with Gasteiger partial charge in [0.2, 0.25) is 5.91 Å². The number of hydrogen-bond acceptors (Lipinski definition) is 8. The topological polar surface area (TPSA) is 131 Å². The summed E-state index contributed by atoms with van der Waals surface area (Å²) in [6, 6.07) is 15.1. The molecule has 2 saturated heterocycles. The fraction of sp³-hybridized carbons (Fsp3) is 0.294. The van der Waals surface area contributed by atoms with Gasteiger partial charge in [0.1, 0.15) is 16.7 Å². The van der Waals surface area contributed by atoms with E-state index in [0.717, 1.165) is 10.8 Å². The average molecular weight is 623 g/mol. The first kappa shape index (κ1) is 29.5. The fourth-order valence-corrected chi connectivity index (χ4v) is 6.79. The van der Waals surface area contributed by atoms with Gasteiger partial charge in [-0.3, -0.25) is 4.79 Å². The predicted molar refractivity (Wildman–Crippen MR) is 171 cm³/mol. The maximum Gasteiger partial charge on any atom is 0.407 e. The first-order valence-corrected chi connectivity index (χ1v) is 14.8. The minimum absolute atomic E-state index is 0.00350. The van der Waals surface area contributed by atoms with Crippen molar-refractivity contribution in [2.75, 3.05) is 64.4 Å². The van der Waals surface area contributed by atoms with E-state index in [1.54, 1.807) is 12.1 Å². The normalized spacial score (nSPS) is 17.0. The number of benzene rings is 3. The molecule has 11 nitrogen and oxygen atoms in total. The number of ether oxygens (including phenoxy) is 2. The number of fused-ring (bicyclic) bond motifs is 5. The predicted octanol–water partition coefficient (Wildman–Crippen LogP) is 4.65. The van der Waals surface area contributed by atoms with Crippen LogP contribution in [0.3, 0.4) is 0 Å². The van der Waals surface area contributed by atoms with Gasteiger partial charge in [0.25, 0.3) is 0 Å². The number of methoxy groups -OCH3 is 1. The Morgan fingerprint density at radius 3 is 2.70 bits per heavy atom. The third-order valence-corrected chi connectivity index (χ3v) is 9.25. The number of anilines is 2. The molecule has 0 saturated carbocycles. The van der Waals surface area contributed by atoms with Crippen LogP contribution in [0.1, 0.15) is 11.1 Å². The summed E-state index contributed by atoms with van der Waals surface area (Å²) in [5.41, 5.74) is 1.02. The van der Waals surface area contributed by atoms with Gasteiger partial charge in [-0.2, -0.15) is 5.26 Å². The number of nitriles is 1. The fourth-order valence-electron chi connectivity index (χ4n) is 6.79. The molecule has 2 N–H and O–H groups in total. The van der Waals surface area contributed by atoms with Gasteiger partial charge in [0.05, 0.1) is 11.8 Å². The molecule has 4 aromatic rings. The number of aromatic nitrogens is 1. The summed E-state index contributed by atoms with van der Waals surface area (Å²) >= 11 is 0. The molecule has 12 heteroatoms. The number of hydrogen-bond donors (Lipinski definition) is 2. The van der Waals surface area contributed by atoms with Gasteiger partial charge in [-0.15, -0.1) is 0 Å². The Bertz CT molecular complexity index is 2010. The Labute approximate surface area is 264 Å². The number of nitrogens with zero attached hydrogens (tertiary/aromatic N) is 5. The van der Waals surface area contributed by atoms with Crippen LogP contribution in [-0.2, 0) is 14.9 Å². The van der Waals surface area contributed by atoms with Crippen LogP contribution < -0.4 is 15.0 Å². The number of amides is 2. The summed E-state index contributed by atoms with van der Waals surface area (Å²) in [7, 11) is 5.49. The molecule has 0 radical (unpaired) electrons. The molecule has 1 aromatic heterocycles. The minimum atomic E-state index is -1.19. The van der Waals surface area contributed by atoms with Crippen LogP contribution in [0.15, 0.2) is 48.5 Å². The Kier molecular flexibility index (Phi) is 7.03. The molecule has 3 aliphatic heterocycles. The molecule has 2 fully saturated rings. The molecule has 46 heavy (non-hydrogen) atoms. The third kappa shape index (κ3) is 4.42. The Morgan fingerprint density at radius 1 is 1.24 bits per heavy atom. The zero-order chi connectivity index (χ0) is 32.3. The van der Waals surface area contributed by atoms with Crippen molar-refractivity contribution in [2.24, 2.45) is 0 Å². The summed E-state index contributed by atoms with van der Waals surface area (Å²) in [5, 5.41) is 24.1. The number of rotatable bonds is 7. The van der Waals surface area contributed by atoms with Crippen molar-refractivity contribution >= 4 is 51.3 Å². The van der Waals surface area contributed by atoms with E-state index < -0.39 is 17.3 Å². The average Bonchev–Trinajstić information content (AvgIpc) is 3.30.